The Hall–Kier alpha value is -2.31. The number of hydrogen-bond acceptors (Lipinski definition) is 5. The van der Waals surface area contributed by atoms with Crippen LogP contribution in [0.5, 0.6) is 5.06 Å². The fraction of sp³-hybridized carbons (Fsp3) is 0.125. The molecule has 1 amide bonds. The molecule has 118 valence electrons. The zero-order valence-electron chi connectivity index (χ0n) is 12.3. The summed E-state index contributed by atoms with van der Waals surface area (Å²) in [5, 5.41) is 1.76. The topological polar surface area (TPSA) is 91.2 Å². The Morgan fingerprint density at radius 2 is 2.04 bits per heavy atom. The van der Waals surface area contributed by atoms with Crippen molar-refractivity contribution in [3.63, 3.8) is 0 Å². The summed E-state index contributed by atoms with van der Waals surface area (Å²) in [6.45, 7) is 2.03. The maximum atomic E-state index is 11.0. The molecule has 0 fully saturated rings. The van der Waals surface area contributed by atoms with Crippen LogP contribution in [0.1, 0.15) is 12.5 Å². The monoisotopic (exact) mass is 347 g/mol. The average Bonchev–Trinajstić information content (AvgIpc) is 2.82. The van der Waals surface area contributed by atoms with Gasteiger partial charge in [0.25, 0.3) is 0 Å². The molecule has 5 nitrogen and oxygen atoms in total. The van der Waals surface area contributed by atoms with Crippen molar-refractivity contribution in [2.24, 2.45) is 5.73 Å². The van der Waals surface area contributed by atoms with Crippen molar-refractivity contribution in [1.82, 2.24) is 4.98 Å². The average molecular weight is 348 g/mol. The van der Waals surface area contributed by atoms with E-state index in [4.69, 9.17) is 27.8 Å². The Labute approximate surface area is 141 Å². The smallest absolute Gasteiger partial charge is 0.397 e. The van der Waals surface area contributed by atoms with Gasteiger partial charge in [-0.2, -0.15) is 0 Å². The number of primary amides is 1. The van der Waals surface area contributed by atoms with E-state index in [0.29, 0.717) is 15.5 Å². The van der Waals surface area contributed by atoms with Crippen LogP contribution in [0, 0.1) is 0 Å². The normalized spacial score (nSPS) is 10.9. The number of fused-ring (bicyclic) bond motifs is 1. The molecule has 0 bridgehead atoms. The van der Waals surface area contributed by atoms with E-state index in [1.807, 2.05) is 37.3 Å². The number of hydrogen-bond donors (Lipinski definition) is 2. The first-order valence-electron chi connectivity index (χ1n) is 6.94. The van der Waals surface area contributed by atoms with Gasteiger partial charge in [-0.25, -0.2) is 9.78 Å². The van der Waals surface area contributed by atoms with E-state index in [0.717, 1.165) is 28.6 Å². The zero-order valence-corrected chi connectivity index (χ0v) is 13.9. The summed E-state index contributed by atoms with van der Waals surface area (Å²) < 4.78 is 4.97. The number of benzene rings is 1. The largest absolute Gasteiger partial charge is 0.410 e. The number of aryl methyl sites for hydroxylation is 1. The number of thiophene rings is 1. The predicted octanol–water partition coefficient (Wildman–Crippen LogP) is 4.22. The highest BCUT2D eigenvalue weighted by atomic mass is 35.5. The Kier molecular flexibility index (Phi) is 4.11. The first kappa shape index (κ1) is 15.6. The number of nitrogens with zero attached hydrogens (tertiary/aromatic N) is 1. The minimum Gasteiger partial charge on any atom is -0.397 e. The number of amides is 1. The number of nitrogen functional groups attached to an aromatic ring is 1. The highest BCUT2D eigenvalue weighted by molar-refractivity contribution is 7.21. The Morgan fingerprint density at radius 3 is 2.65 bits per heavy atom. The van der Waals surface area contributed by atoms with E-state index in [9.17, 15) is 4.79 Å². The molecule has 7 heteroatoms. The van der Waals surface area contributed by atoms with Crippen molar-refractivity contribution >= 4 is 44.9 Å². The van der Waals surface area contributed by atoms with Crippen molar-refractivity contribution in [2.75, 3.05) is 5.73 Å². The third kappa shape index (κ3) is 2.95. The van der Waals surface area contributed by atoms with Crippen LogP contribution in [0.25, 0.3) is 21.5 Å². The molecule has 3 aromatic rings. The van der Waals surface area contributed by atoms with E-state index in [-0.39, 0.29) is 5.06 Å². The van der Waals surface area contributed by atoms with Gasteiger partial charge in [0.1, 0.15) is 4.83 Å². The van der Waals surface area contributed by atoms with Gasteiger partial charge in [-0.3, -0.25) is 0 Å². The molecule has 0 spiro atoms. The molecular formula is C16H14ClN3O2S. The lowest BCUT2D eigenvalue weighted by molar-refractivity contribution is 0.212. The molecule has 2 aromatic heterocycles. The lowest BCUT2D eigenvalue weighted by Crippen LogP contribution is -2.16. The second-order valence-electron chi connectivity index (χ2n) is 4.93. The van der Waals surface area contributed by atoms with Crippen LogP contribution in [0.3, 0.4) is 0 Å². The number of anilines is 1. The summed E-state index contributed by atoms with van der Waals surface area (Å²) in [5.41, 5.74) is 14.4. The number of pyridine rings is 1. The minimum atomic E-state index is -0.890. The van der Waals surface area contributed by atoms with Crippen molar-refractivity contribution in [2.45, 2.75) is 13.3 Å². The van der Waals surface area contributed by atoms with Gasteiger partial charge in [-0.05, 0) is 30.2 Å². The zero-order chi connectivity index (χ0) is 16.6. The van der Waals surface area contributed by atoms with Gasteiger partial charge in [-0.1, -0.05) is 42.0 Å². The maximum absolute atomic E-state index is 11.0. The standard InChI is InChI=1S/C16H14ClN3O2S/c1-2-8-7-11(9-3-5-10(17)6-4-9)20-14-12(8)13(18)15(23-14)22-16(19)21/h3-7H,2,18H2,1H3,(H2,19,21). The quantitative estimate of drug-likeness (QED) is 0.742. The molecule has 0 radical (unpaired) electrons. The molecule has 0 unspecified atom stereocenters. The van der Waals surface area contributed by atoms with Gasteiger partial charge in [-0.15, -0.1) is 0 Å². The van der Waals surface area contributed by atoms with Gasteiger partial charge in [0.15, 0.2) is 0 Å². The molecular weight excluding hydrogens is 334 g/mol. The lowest BCUT2D eigenvalue weighted by atomic mass is 10.0. The van der Waals surface area contributed by atoms with Gasteiger partial charge < -0.3 is 16.2 Å². The van der Waals surface area contributed by atoms with Crippen LogP contribution in [-0.4, -0.2) is 11.1 Å². The van der Waals surface area contributed by atoms with Gasteiger partial charge in [0.2, 0.25) is 5.06 Å². The van der Waals surface area contributed by atoms with Crippen LogP contribution in [0.2, 0.25) is 5.02 Å². The molecule has 3 rings (SSSR count). The second-order valence-corrected chi connectivity index (χ2v) is 6.33. The van der Waals surface area contributed by atoms with Gasteiger partial charge >= 0.3 is 6.09 Å². The number of aromatic nitrogens is 1. The number of rotatable bonds is 3. The van der Waals surface area contributed by atoms with Crippen LogP contribution in [-0.2, 0) is 6.42 Å². The number of ether oxygens (including phenoxy) is 1. The first-order chi connectivity index (χ1) is 11.0. The molecule has 4 N–H and O–H groups in total. The molecule has 0 saturated heterocycles. The van der Waals surface area contributed by atoms with E-state index >= 15 is 0 Å². The van der Waals surface area contributed by atoms with Crippen molar-refractivity contribution in [3.8, 4) is 16.3 Å². The fourth-order valence-corrected chi connectivity index (χ4v) is 3.52. The third-order valence-corrected chi connectivity index (χ3v) is 4.69. The van der Waals surface area contributed by atoms with Crippen molar-refractivity contribution in [3.05, 3.63) is 40.9 Å². The number of carbonyl (C=O) groups is 1. The highest BCUT2D eigenvalue weighted by Crippen LogP contribution is 2.42. The third-order valence-electron chi connectivity index (χ3n) is 3.46. The van der Waals surface area contributed by atoms with E-state index in [1.165, 1.54) is 11.3 Å². The molecule has 0 atom stereocenters. The van der Waals surface area contributed by atoms with E-state index in [2.05, 4.69) is 4.98 Å². The van der Waals surface area contributed by atoms with E-state index in [1.54, 1.807) is 0 Å². The SMILES string of the molecule is CCc1cc(-c2ccc(Cl)cc2)nc2sc(OC(N)=O)c(N)c12. The van der Waals surface area contributed by atoms with Crippen molar-refractivity contribution in [1.29, 1.82) is 0 Å². The summed E-state index contributed by atoms with van der Waals surface area (Å²) in [4.78, 5) is 16.3. The summed E-state index contributed by atoms with van der Waals surface area (Å²) in [6.07, 6.45) is -0.115. The van der Waals surface area contributed by atoms with Crippen LogP contribution in [0.4, 0.5) is 10.5 Å². The number of carbonyl (C=O) groups excluding carboxylic acids is 1. The van der Waals surface area contributed by atoms with Gasteiger partial charge in [0, 0.05) is 16.0 Å². The Morgan fingerprint density at radius 1 is 1.35 bits per heavy atom. The van der Waals surface area contributed by atoms with Gasteiger partial charge in [0.05, 0.1) is 11.4 Å². The first-order valence-corrected chi connectivity index (χ1v) is 8.14. The maximum Gasteiger partial charge on any atom is 0.410 e. The molecule has 0 aliphatic rings. The molecule has 1 aromatic carbocycles. The fourth-order valence-electron chi connectivity index (χ4n) is 2.39. The molecule has 23 heavy (non-hydrogen) atoms. The van der Waals surface area contributed by atoms with Crippen LogP contribution >= 0.6 is 22.9 Å². The molecule has 2 heterocycles. The van der Waals surface area contributed by atoms with E-state index < -0.39 is 6.09 Å². The predicted molar refractivity (Wildman–Crippen MR) is 94.1 cm³/mol. The van der Waals surface area contributed by atoms with Crippen LogP contribution < -0.4 is 16.2 Å². The number of halogens is 1. The highest BCUT2D eigenvalue weighted by Gasteiger charge is 2.18. The molecule has 0 saturated carbocycles. The summed E-state index contributed by atoms with van der Waals surface area (Å²) in [7, 11) is 0. The minimum absolute atomic E-state index is 0.281. The Bertz CT molecular complexity index is 890. The summed E-state index contributed by atoms with van der Waals surface area (Å²) in [6, 6.07) is 9.45. The summed E-state index contributed by atoms with van der Waals surface area (Å²) >= 11 is 7.14. The summed E-state index contributed by atoms with van der Waals surface area (Å²) in [5.74, 6) is 0. The molecule has 0 aliphatic heterocycles. The Balaban J connectivity index is 2.19. The van der Waals surface area contributed by atoms with Crippen LogP contribution in [0.15, 0.2) is 30.3 Å². The molecule has 0 aliphatic carbocycles. The second kappa shape index (κ2) is 6.06. The lowest BCUT2D eigenvalue weighted by Gasteiger charge is -2.06. The van der Waals surface area contributed by atoms with Crippen molar-refractivity contribution < 1.29 is 9.53 Å². The number of nitrogens with two attached hydrogens (primary N) is 2.